The number of aliphatic carboxylic acids is 1. The summed E-state index contributed by atoms with van der Waals surface area (Å²) in [5.41, 5.74) is 0. The number of nitrogens with one attached hydrogen (secondary N) is 5. The molecule has 3 fully saturated rings. The van der Waals surface area contributed by atoms with Gasteiger partial charge >= 0.3 is 12.0 Å². The Morgan fingerprint density at radius 2 is 2.06 bits per heavy atom. The molecule has 1 aromatic heterocycles. The summed E-state index contributed by atoms with van der Waals surface area (Å²) in [4.78, 5) is 39.8. The lowest BCUT2D eigenvalue weighted by Crippen LogP contribution is -2.36. The van der Waals surface area contributed by atoms with E-state index in [0.29, 0.717) is 11.8 Å². The second kappa shape index (κ2) is 14.8. The number of hydrogen-bond acceptors (Lipinski definition) is 6. The Balaban J connectivity index is 0.000000502. The van der Waals surface area contributed by atoms with Gasteiger partial charge in [0.2, 0.25) is 5.91 Å². The molecule has 4 rings (SSSR count). The van der Waals surface area contributed by atoms with Gasteiger partial charge in [0, 0.05) is 36.9 Å². The highest BCUT2D eigenvalue weighted by molar-refractivity contribution is 8.00. The molecule has 11 nitrogen and oxygen atoms in total. The number of fused-ring (bicyclic) bond motifs is 1. The molecule has 0 aliphatic carbocycles. The number of aromatic amines is 1. The van der Waals surface area contributed by atoms with Crippen molar-refractivity contribution in [3.8, 4) is 0 Å². The van der Waals surface area contributed by atoms with Crippen molar-refractivity contribution >= 4 is 60.4 Å². The minimum Gasteiger partial charge on any atom is -0.481 e. The number of imidazole rings is 1. The van der Waals surface area contributed by atoms with Crippen LogP contribution in [0.5, 0.6) is 0 Å². The number of H-pyrrole nitrogens is 1. The number of thioether (sulfide) groups is 1. The Bertz CT molecular complexity index is 693. The summed E-state index contributed by atoms with van der Waals surface area (Å²) < 4.78 is 0. The van der Waals surface area contributed by atoms with Gasteiger partial charge in [-0.3, -0.25) is 20.3 Å². The normalized spacial score (nSPS) is 22.8. The quantitative estimate of drug-likeness (QED) is 0.261. The predicted octanol–water partition coefficient (Wildman–Crippen LogP) is 1.03. The highest BCUT2D eigenvalue weighted by Crippen LogP contribution is 2.33. The fourth-order valence-electron chi connectivity index (χ4n) is 3.04. The van der Waals surface area contributed by atoms with E-state index in [-0.39, 0.29) is 61.2 Å². The van der Waals surface area contributed by atoms with Gasteiger partial charge in [0.25, 0.3) is 0 Å². The number of likely N-dealkylation sites (N-methyl/N-ethyl adjacent to an activating group) is 1. The maximum Gasteiger partial charge on any atom is 0.315 e. The Labute approximate surface area is 197 Å². The molecule has 176 valence electrons. The van der Waals surface area contributed by atoms with Crippen LogP contribution in [0.3, 0.4) is 0 Å². The monoisotopic (exact) mass is 497 g/mol. The minimum atomic E-state index is -0.729. The van der Waals surface area contributed by atoms with Crippen LogP contribution >= 0.6 is 36.6 Å². The lowest BCUT2D eigenvalue weighted by molar-refractivity contribution is -0.137. The van der Waals surface area contributed by atoms with E-state index in [9.17, 15) is 14.4 Å². The first kappa shape index (κ1) is 28.8. The molecule has 31 heavy (non-hydrogen) atoms. The van der Waals surface area contributed by atoms with Gasteiger partial charge in [-0.05, 0) is 12.8 Å². The van der Waals surface area contributed by atoms with E-state index in [1.54, 1.807) is 30.7 Å². The van der Waals surface area contributed by atoms with Gasteiger partial charge in [-0.1, -0.05) is 6.42 Å². The summed E-state index contributed by atoms with van der Waals surface area (Å²) in [5.74, 6) is 0.327. The highest BCUT2D eigenvalue weighted by atomic mass is 35.5. The van der Waals surface area contributed by atoms with Crippen LogP contribution in [0.15, 0.2) is 18.7 Å². The van der Waals surface area contributed by atoms with Crippen molar-refractivity contribution in [1.82, 2.24) is 30.8 Å². The number of guanidine groups is 1. The standard InChI is InChI=1S/C10H16N2O3S.C4H7N3O.C3H4N2.2ClH/c13-8(14)4-2-1-3-7-9-6(5-16-7)11-10(15)12-9;1-7-2-3(8)6-4(7)5;1-2-5-3-4-1;;/h6-7,9H,1-5H2,(H,13,14)(H2,11,12,15);2H2,1H3,(H2,5,6,8);1-3H,(H,4,5);2*1H/t6-,7-,9-;;;;/m0..../s1. The van der Waals surface area contributed by atoms with Crippen molar-refractivity contribution in [3.63, 3.8) is 0 Å². The van der Waals surface area contributed by atoms with E-state index < -0.39 is 5.97 Å². The zero-order chi connectivity index (χ0) is 21.2. The molecule has 1 aromatic rings. The fraction of sp³-hybridized carbons (Fsp3) is 0.588. The van der Waals surface area contributed by atoms with Crippen LogP contribution < -0.4 is 16.0 Å². The molecule has 4 heterocycles. The third kappa shape index (κ3) is 10.1. The number of carbonyl (C=O) groups excluding carboxylic acids is 2. The van der Waals surface area contributed by atoms with E-state index in [1.165, 1.54) is 0 Å². The fourth-order valence-corrected chi connectivity index (χ4v) is 4.58. The molecule has 0 unspecified atom stereocenters. The van der Waals surface area contributed by atoms with Crippen LogP contribution in [0.1, 0.15) is 25.7 Å². The van der Waals surface area contributed by atoms with Gasteiger partial charge in [-0.25, -0.2) is 9.78 Å². The van der Waals surface area contributed by atoms with Gasteiger partial charge in [0.1, 0.15) is 0 Å². The van der Waals surface area contributed by atoms with Crippen LogP contribution in [0.2, 0.25) is 0 Å². The summed E-state index contributed by atoms with van der Waals surface area (Å²) in [7, 11) is 1.69. The predicted molar refractivity (Wildman–Crippen MR) is 123 cm³/mol. The van der Waals surface area contributed by atoms with Crippen LogP contribution in [0.25, 0.3) is 0 Å². The number of hydrogen-bond donors (Lipinski definition) is 6. The first-order valence-electron chi connectivity index (χ1n) is 9.29. The van der Waals surface area contributed by atoms with Crippen molar-refractivity contribution in [2.24, 2.45) is 0 Å². The molecular weight excluding hydrogens is 469 g/mol. The van der Waals surface area contributed by atoms with Crippen molar-refractivity contribution in [2.45, 2.75) is 43.0 Å². The topological polar surface area (TPSA) is 163 Å². The van der Waals surface area contributed by atoms with E-state index in [0.717, 1.165) is 25.0 Å². The maximum atomic E-state index is 11.1. The van der Waals surface area contributed by atoms with E-state index in [1.807, 2.05) is 11.8 Å². The molecule has 3 saturated heterocycles. The number of urea groups is 1. The van der Waals surface area contributed by atoms with Crippen molar-refractivity contribution < 1.29 is 19.5 Å². The second-order valence-corrected chi connectivity index (χ2v) is 8.05. The lowest BCUT2D eigenvalue weighted by atomic mass is 10.0. The summed E-state index contributed by atoms with van der Waals surface area (Å²) in [6, 6.07) is 0.440. The molecule has 3 amide bonds. The first-order valence-corrected chi connectivity index (χ1v) is 10.3. The molecule has 14 heteroatoms. The Morgan fingerprint density at radius 1 is 1.32 bits per heavy atom. The third-order valence-corrected chi connectivity index (χ3v) is 6.00. The molecule has 0 spiro atoms. The van der Waals surface area contributed by atoms with Gasteiger partial charge in [0.05, 0.1) is 25.0 Å². The van der Waals surface area contributed by atoms with E-state index >= 15 is 0 Å². The average molecular weight is 498 g/mol. The van der Waals surface area contributed by atoms with Gasteiger partial charge in [-0.15, -0.1) is 24.8 Å². The van der Waals surface area contributed by atoms with Gasteiger partial charge in [0.15, 0.2) is 5.96 Å². The number of carboxylic acid groups (broad SMARTS) is 1. The molecule has 6 N–H and O–H groups in total. The molecule has 0 bridgehead atoms. The molecule has 3 atom stereocenters. The molecule has 0 saturated carbocycles. The minimum absolute atomic E-state index is 0. The highest BCUT2D eigenvalue weighted by Gasteiger charge is 2.42. The van der Waals surface area contributed by atoms with Crippen LogP contribution in [-0.2, 0) is 9.59 Å². The Morgan fingerprint density at radius 3 is 2.52 bits per heavy atom. The van der Waals surface area contributed by atoms with Crippen molar-refractivity contribution in [2.75, 3.05) is 19.3 Å². The average Bonchev–Trinajstić information content (AvgIpc) is 3.42. The summed E-state index contributed by atoms with van der Waals surface area (Å²) >= 11 is 1.87. The summed E-state index contributed by atoms with van der Waals surface area (Å²) in [6.45, 7) is 0.318. The summed E-state index contributed by atoms with van der Waals surface area (Å²) in [5, 5.41) is 24.1. The number of carbonyl (C=O) groups is 3. The number of amides is 3. The number of unbranched alkanes of at least 4 members (excludes halogenated alkanes) is 1. The Kier molecular flexibility index (Phi) is 13.7. The third-order valence-electron chi connectivity index (χ3n) is 4.49. The van der Waals surface area contributed by atoms with Gasteiger partial charge < -0.3 is 25.6 Å². The number of aromatic nitrogens is 2. The Hall–Kier alpha value is -2.18. The van der Waals surface area contributed by atoms with E-state index in [2.05, 4.69) is 25.9 Å². The largest absolute Gasteiger partial charge is 0.481 e. The zero-order valence-electron chi connectivity index (χ0n) is 17.0. The molecule has 0 aromatic carbocycles. The second-order valence-electron chi connectivity index (χ2n) is 6.77. The van der Waals surface area contributed by atoms with Crippen molar-refractivity contribution in [1.29, 1.82) is 5.41 Å². The van der Waals surface area contributed by atoms with Crippen LogP contribution in [0.4, 0.5) is 4.79 Å². The zero-order valence-corrected chi connectivity index (χ0v) is 19.4. The van der Waals surface area contributed by atoms with Crippen molar-refractivity contribution in [3.05, 3.63) is 18.7 Å². The maximum absolute atomic E-state index is 11.1. The number of halogens is 2. The molecule has 0 radical (unpaired) electrons. The number of nitrogens with zero attached hydrogens (tertiary/aromatic N) is 2. The molecular formula is C17H29Cl2N7O4S. The molecule has 3 aliphatic heterocycles. The first-order chi connectivity index (χ1) is 13.9. The SMILES string of the molecule is CN1CC(=O)NC1=N.Cl.Cl.O=C(O)CCCC[C@@H]1SC[C@@H]2NC(=O)N[C@@H]21.c1c[nH]cn1. The molecule has 3 aliphatic rings. The van der Waals surface area contributed by atoms with Crippen LogP contribution in [0, 0.1) is 5.41 Å². The van der Waals surface area contributed by atoms with Gasteiger partial charge in [-0.2, -0.15) is 11.8 Å². The number of rotatable bonds is 5. The smallest absolute Gasteiger partial charge is 0.315 e. The number of carboxylic acids is 1. The van der Waals surface area contributed by atoms with Crippen LogP contribution in [-0.4, -0.2) is 80.5 Å². The summed E-state index contributed by atoms with van der Waals surface area (Å²) in [6.07, 6.45) is 7.96. The van der Waals surface area contributed by atoms with E-state index in [4.69, 9.17) is 10.5 Å². The lowest BCUT2D eigenvalue weighted by Gasteiger charge is -2.16.